The van der Waals surface area contributed by atoms with Gasteiger partial charge in [0.2, 0.25) is 0 Å². The van der Waals surface area contributed by atoms with Gasteiger partial charge in [-0.25, -0.2) is 9.50 Å². The van der Waals surface area contributed by atoms with Gasteiger partial charge in [-0.1, -0.05) is 0 Å². The largest absolute Gasteiger partial charge is 0.394 e. The molecule has 0 bridgehead atoms. The van der Waals surface area contributed by atoms with Gasteiger partial charge in [0.15, 0.2) is 5.65 Å². The van der Waals surface area contributed by atoms with Gasteiger partial charge in [0, 0.05) is 36.6 Å². The minimum absolute atomic E-state index is 0.131. The first kappa shape index (κ1) is 23.0. The van der Waals surface area contributed by atoms with E-state index in [1.165, 1.54) is 30.5 Å². The number of nitro benzene ring substituents is 1. The second-order valence-corrected chi connectivity index (χ2v) is 7.66. The number of hydrogen-bond donors (Lipinski definition) is 3. The quantitative estimate of drug-likeness (QED) is 0.261. The van der Waals surface area contributed by atoms with Gasteiger partial charge in [0.1, 0.15) is 11.7 Å². The van der Waals surface area contributed by atoms with E-state index in [2.05, 4.69) is 20.5 Å². The van der Waals surface area contributed by atoms with Crippen molar-refractivity contribution in [3.05, 3.63) is 75.9 Å². The predicted molar refractivity (Wildman–Crippen MR) is 121 cm³/mol. The Hall–Kier alpha value is -4.16. The Balaban J connectivity index is 1.60. The monoisotopic (exact) mass is 465 g/mol. The Labute approximate surface area is 193 Å². The van der Waals surface area contributed by atoms with Gasteiger partial charge < -0.3 is 15.5 Å². The fraction of sp³-hybridized carbons (Fsp3) is 0.273. The van der Waals surface area contributed by atoms with Crippen LogP contribution in [-0.2, 0) is 6.54 Å². The highest BCUT2D eigenvalue weighted by Crippen LogP contribution is 2.24. The number of hydrogen-bond acceptors (Lipinski definition) is 8. The van der Waals surface area contributed by atoms with E-state index >= 15 is 0 Å². The minimum atomic E-state index is -1.29. The third kappa shape index (κ3) is 4.23. The SMILES string of the molecule is CCn1cc(-c2ccnc3c(C(=O)NC(CO)C(O)c4ccc([N+](=O)[O-])cc4)cnn23)c(C)n1. The third-order valence-corrected chi connectivity index (χ3v) is 5.53. The lowest BCUT2D eigenvalue weighted by molar-refractivity contribution is -0.384. The molecule has 0 saturated carbocycles. The van der Waals surface area contributed by atoms with Crippen LogP contribution in [0.1, 0.15) is 34.6 Å². The number of amides is 1. The Bertz CT molecular complexity index is 1350. The summed E-state index contributed by atoms with van der Waals surface area (Å²) in [4.78, 5) is 27.6. The molecule has 4 rings (SSSR count). The average Bonchev–Trinajstić information content (AvgIpc) is 3.45. The summed E-state index contributed by atoms with van der Waals surface area (Å²) in [7, 11) is 0. The number of aromatic nitrogens is 5. The molecule has 0 aliphatic carbocycles. The third-order valence-electron chi connectivity index (χ3n) is 5.53. The second-order valence-electron chi connectivity index (χ2n) is 7.66. The first-order chi connectivity index (χ1) is 16.3. The van der Waals surface area contributed by atoms with Crippen LogP contribution >= 0.6 is 0 Å². The highest BCUT2D eigenvalue weighted by molar-refractivity contribution is 6.00. The molecule has 34 heavy (non-hydrogen) atoms. The van der Waals surface area contributed by atoms with Gasteiger partial charge in [-0.2, -0.15) is 10.2 Å². The number of aryl methyl sites for hydroxylation is 2. The number of carbonyl (C=O) groups excluding carboxylic acids is 1. The summed E-state index contributed by atoms with van der Waals surface area (Å²) in [5.74, 6) is -0.583. The van der Waals surface area contributed by atoms with Crippen LogP contribution in [0.15, 0.2) is 48.9 Å². The van der Waals surface area contributed by atoms with Crippen molar-refractivity contribution in [2.75, 3.05) is 6.61 Å². The highest BCUT2D eigenvalue weighted by atomic mass is 16.6. The molecule has 1 amide bonds. The molecule has 2 unspecified atom stereocenters. The van der Waals surface area contributed by atoms with Gasteiger partial charge in [-0.05, 0) is 37.6 Å². The fourth-order valence-electron chi connectivity index (χ4n) is 3.68. The number of non-ortho nitro benzene ring substituents is 1. The van der Waals surface area contributed by atoms with Crippen molar-refractivity contribution in [1.82, 2.24) is 29.7 Å². The molecule has 3 aromatic heterocycles. The van der Waals surface area contributed by atoms with Gasteiger partial charge >= 0.3 is 0 Å². The summed E-state index contributed by atoms with van der Waals surface area (Å²) in [5, 5.41) is 42.6. The van der Waals surface area contributed by atoms with E-state index in [0.717, 1.165) is 11.3 Å². The highest BCUT2D eigenvalue weighted by Gasteiger charge is 2.25. The minimum Gasteiger partial charge on any atom is -0.394 e. The molecule has 0 spiro atoms. The van der Waals surface area contributed by atoms with Crippen molar-refractivity contribution in [2.45, 2.75) is 32.5 Å². The van der Waals surface area contributed by atoms with E-state index < -0.39 is 29.6 Å². The number of aliphatic hydroxyl groups excluding tert-OH is 2. The van der Waals surface area contributed by atoms with Crippen LogP contribution in [0.5, 0.6) is 0 Å². The van der Waals surface area contributed by atoms with Crippen LogP contribution < -0.4 is 5.32 Å². The maximum absolute atomic E-state index is 13.0. The molecule has 3 heterocycles. The first-order valence-corrected chi connectivity index (χ1v) is 10.5. The number of carbonyl (C=O) groups is 1. The number of nitrogens with one attached hydrogen (secondary N) is 1. The zero-order valence-electron chi connectivity index (χ0n) is 18.5. The lowest BCUT2D eigenvalue weighted by atomic mass is 10.0. The number of fused-ring (bicyclic) bond motifs is 1. The lowest BCUT2D eigenvalue weighted by Crippen LogP contribution is -2.42. The topological polar surface area (TPSA) is 161 Å². The van der Waals surface area contributed by atoms with Crippen molar-refractivity contribution in [2.24, 2.45) is 0 Å². The summed E-state index contributed by atoms with van der Waals surface area (Å²) in [6, 6.07) is 5.96. The molecular weight excluding hydrogens is 442 g/mol. The van der Waals surface area contributed by atoms with Crippen molar-refractivity contribution in [1.29, 1.82) is 0 Å². The average molecular weight is 465 g/mol. The molecule has 12 heteroatoms. The van der Waals surface area contributed by atoms with E-state index in [1.54, 1.807) is 21.5 Å². The Morgan fingerprint density at radius 1 is 1.26 bits per heavy atom. The maximum atomic E-state index is 13.0. The van der Waals surface area contributed by atoms with Gasteiger partial charge in [-0.3, -0.25) is 19.6 Å². The Morgan fingerprint density at radius 2 is 2.00 bits per heavy atom. The van der Waals surface area contributed by atoms with Crippen molar-refractivity contribution < 1.29 is 19.9 Å². The van der Waals surface area contributed by atoms with Crippen LogP contribution in [0.25, 0.3) is 16.9 Å². The standard InChI is InChI=1S/C22H23N7O5/c1-3-27-11-17(13(2)26-27)19-8-9-23-21-16(10-24-28(19)21)22(32)25-18(12-30)20(31)14-4-6-15(7-5-14)29(33)34/h4-11,18,20,30-31H,3,12H2,1-2H3,(H,25,32). The van der Waals surface area contributed by atoms with Crippen molar-refractivity contribution >= 4 is 17.2 Å². The van der Waals surface area contributed by atoms with Gasteiger partial charge in [0.25, 0.3) is 11.6 Å². The second kappa shape index (κ2) is 9.37. The van der Waals surface area contributed by atoms with Crippen LogP contribution in [0.2, 0.25) is 0 Å². The molecule has 4 aromatic rings. The number of aliphatic hydroxyl groups is 2. The molecule has 0 saturated heterocycles. The smallest absolute Gasteiger partial charge is 0.269 e. The molecule has 0 aliphatic rings. The number of rotatable bonds is 8. The summed E-state index contributed by atoms with van der Waals surface area (Å²) in [6.07, 6.45) is 3.55. The van der Waals surface area contributed by atoms with E-state index in [0.29, 0.717) is 23.4 Å². The van der Waals surface area contributed by atoms with E-state index in [-0.39, 0.29) is 11.3 Å². The van der Waals surface area contributed by atoms with Crippen LogP contribution in [0.4, 0.5) is 5.69 Å². The van der Waals surface area contributed by atoms with Crippen LogP contribution in [0.3, 0.4) is 0 Å². The van der Waals surface area contributed by atoms with E-state index in [9.17, 15) is 25.1 Å². The summed E-state index contributed by atoms with van der Waals surface area (Å²) in [6.45, 7) is 4.02. The molecule has 1 aromatic carbocycles. The number of nitro groups is 1. The lowest BCUT2D eigenvalue weighted by Gasteiger charge is -2.22. The molecular formula is C22H23N7O5. The van der Waals surface area contributed by atoms with Crippen LogP contribution in [-0.4, -0.2) is 58.1 Å². The molecule has 12 nitrogen and oxygen atoms in total. The first-order valence-electron chi connectivity index (χ1n) is 10.5. The van der Waals surface area contributed by atoms with Gasteiger partial charge in [-0.15, -0.1) is 0 Å². The maximum Gasteiger partial charge on any atom is 0.269 e. The fourth-order valence-corrected chi connectivity index (χ4v) is 3.68. The summed E-state index contributed by atoms with van der Waals surface area (Å²) < 4.78 is 3.35. The van der Waals surface area contributed by atoms with E-state index in [1.807, 2.05) is 20.0 Å². The Morgan fingerprint density at radius 3 is 2.62 bits per heavy atom. The molecule has 0 fully saturated rings. The molecule has 2 atom stereocenters. The molecule has 0 radical (unpaired) electrons. The summed E-state index contributed by atoms with van der Waals surface area (Å²) >= 11 is 0. The summed E-state index contributed by atoms with van der Waals surface area (Å²) in [5.41, 5.74) is 3.03. The van der Waals surface area contributed by atoms with Crippen molar-refractivity contribution in [3.8, 4) is 11.3 Å². The zero-order chi connectivity index (χ0) is 24.4. The van der Waals surface area contributed by atoms with Crippen molar-refractivity contribution in [3.63, 3.8) is 0 Å². The van der Waals surface area contributed by atoms with E-state index in [4.69, 9.17) is 0 Å². The normalized spacial score (nSPS) is 13.1. The number of benzene rings is 1. The van der Waals surface area contributed by atoms with Gasteiger partial charge in [0.05, 0.1) is 35.2 Å². The molecule has 176 valence electrons. The molecule has 3 N–H and O–H groups in total. The predicted octanol–water partition coefficient (Wildman–Crippen LogP) is 1.65. The number of nitrogens with zero attached hydrogens (tertiary/aromatic N) is 6. The Kier molecular flexibility index (Phi) is 6.34. The molecule has 0 aliphatic heterocycles. The van der Waals surface area contributed by atoms with Crippen LogP contribution in [0, 0.1) is 17.0 Å². The zero-order valence-corrected chi connectivity index (χ0v) is 18.5.